The third-order valence-electron chi connectivity index (χ3n) is 7.76. The lowest BCUT2D eigenvalue weighted by atomic mass is 9.52. The highest BCUT2D eigenvalue weighted by atomic mass is 19.4. The quantitative estimate of drug-likeness (QED) is 0.332. The number of pyridine rings is 1. The first-order valence-corrected chi connectivity index (χ1v) is 11.7. The molecule has 1 heterocycles. The molecule has 0 aliphatic heterocycles. The fraction of sp³-hybridized carbons (Fsp3) is 0.444. The highest BCUT2D eigenvalue weighted by molar-refractivity contribution is 6.05. The maximum atomic E-state index is 13.3. The number of rotatable bonds is 7. The largest absolute Gasteiger partial charge is 0.417 e. The summed E-state index contributed by atoms with van der Waals surface area (Å²) in [4.78, 5) is 19.1. The topological polar surface area (TPSA) is 57.0 Å². The summed E-state index contributed by atoms with van der Waals surface area (Å²) in [5, 5.41) is 9.31. The van der Waals surface area contributed by atoms with Crippen molar-refractivity contribution in [2.24, 2.45) is 5.41 Å². The summed E-state index contributed by atoms with van der Waals surface area (Å²) in [5.74, 6) is -0.348. The van der Waals surface area contributed by atoms with Crippen molar-refractivity contribution < 1.29 is 22.4 Å². The van der Waals surface area contributed by atoms with Crippen LogP contribution >= 0.6 is 0 Å². The van der Waals surface area contributed by atoms with Crippen LogP contribution in [0.3, 0.4) is 0 Å². The molecule has 0 N–H and O–H groups in total. The number of aromatic nitrogens is 1. The maximum Gasteiger partial charge on any atom is 0.417 e. The SMILES string of the molecule is C=C(CCF)C(=O)N(CC12CCC(c3ccc(C(F)(F)F)cn3)(CC1)CC2)c1cccc(C#N)c1. The lowest BCUT2D eigenvalue weighted by molar-refractivity contribution is -0.137. The molecule has 0 saturated heterocycles. The van der Waals surface area contributed by atoms with Gasteiger partial charge in [-0.15, -0.1) is 0 Å². The Kier molecular flexibility index (Phi) is 6.72. The van der Waals surface area contributed by atoms with Gasteiger partial charge in [0, 0.05) is 41.5 Å². The molecule has 3 fully saturated rings. The van der Waals surface area contributed by atoms with Crippen molar-refractivity contribution in [2.75, 3.05) is 18.1 Å². The Morgan fingerprint density at radius 3 is 2.34 bits per heavy atom. The van der Waals surface area contributed by atoms with Gasteiger partial charge in [0.2, 0.25) is 0 Å². The van der Waals surface area contributed by atoms with Crippen LogP contribution in [0.5, 0.6) is 0 Å². The summed E-state index contributed by atoms with van der Waals surface area (Å²) >= 11 is 0. The van der Waals surface area contributed by atoms with Crippen molar-refractivity contribution in [3.05, 3.63) is 71.6 Å². The predicted octanol–water partition coefficient (Wildman–Crippen LogP) is 6.51. The number of carbonyl (C=O) groups excluding carboxylic acids is 1. The summed E-state index contributed by atoms with van der Waals surface area (Å²) in [6.45, 7) is 3.52. The lowest BCUT2D eigenvalue weighted by Crippen LogP contribution is -2.51. The second kappa shape index (κ2) is 9.44. The molecule has 0 radical (unpaired) electrons. The second-order valence-corrected chi connectivity index (χ2v) is 9.81. The van der Waals surface area contributed by atoms with Gasteiger partial charge in [-0.05, 0) is 74.3 Å². The molecule has 3 aliphatic rings. The van der Waals surface area contributed by atoms with Gasteiger partial charge in [0.1, 0.15) is 0 Å². The number of fused-ring (bicyclic) bond motifs is 3. The van der Waals surface area contributed by atoms with E-state index in [0.29, 0.717) is 23.5 Å². The number of nitrogens with zero attached hydrogens (tertiary/aromatic N) is 3. The van der Waals surface area contributed by atoms with Crippen LogP contribution in [0.2, 0.25) is 0 Å². The fourth-order valence-electron chi connectivity index (χ4n) is 5.53. The summed E-state index contributed by atoms with van der Waals surface area (Å²) in [5.41, 5.74) is 0.719. The highest BCUT2D eigenvalue weighted by Crippen LogP contribution is 2.58. The van der Waals surface area contributed by atoms with Crippen molar-refractivity contribution in [1.82, 2.24) is 4.98 Å². The first-order chi connectivity index (χ1) is 16.6. The van der Waals surface area contributed by atoms with E-state index in [1.54, 1.807) is 29.2 Å². The van der Waals surface area contributed by atoms with E-state index in [0.717, 1.165) is 50.8 Å². The third kappa shape index (κ3) is 4.95. The van der Waals surface area contributed by atoms with E-state index in [2.05, 4.69) is 17.6 Å². The third-order valence-corrected chi connectivity index (χ3v) is 7.76. The van der Waals surface area contributed by atoms with Crippen molar-refractivity contribution in [2.45, 2.75) is 56.5 Å². The molecule has 1 aromatic carbocycles. The van der Waals surface area contributed by atoms with Crippen LogP contribution < -0.4 is 4.90 Å². The van der Waals surface area contributed by atoms with Gasteiger partial charge in [-0.3, -0.25) is 14.2 Å². The molecule has 8 heteroatoms. The Hall–Kier alpha value is -3.21. The molecule has 2 aromatic rings. The molecule has 35 heavy (non-hydrogen) atoms. The van der Waals surface area contributed by atoms with Crippen molar-refractivity contribution in [3.63, 3.8) is 0 Å². The number of amides is 1. The molecule has 2 bridgehead atoms. The molecule has 5 rings (SSSR count). The van der Waals surface area contributed by atoms with Gasteiger partial charge in [-0.1, -0.05) is 12.6 Å². The highest BCUT2D eigenvalue weighted by Gasteiger charge is 2.51. The molecule has 3 aliphatic carbocycles. The maximum absolute atomic E-state index is 13.3. The Bertz CT molecular complexity index is 1130. The van der Waals surface area contributed by atoms with Crippen LogP contribution in [0.4, 0.5) is 23.2 Å². The average molecular weight is 486 g/mol. The van der Waals surface area contributed by atoms with Gasteiger partial charge in [-0.25, -0.2) is 0 Å². The molecule has 184 valence electrons. The van der Waals surface area contributed by atoms with Crippen LogP contribution in [0, 0.1) is 16.7 Å². The minimum atomic E-state index is -4.41. The Morgan fingerprint density at radius 2 is 1.80 bits per heavy atom. The van der Waals surface area contributed by atoms with Gasteiger partial charge in [0.05, 0.1) is 23.9 Å². The average Bonchev–Trinajstić information content (AvgIpc) is 2.88. The molecule has 1 amide bonds. The zero-order valence-electron chi connectivity index (χ0n) is 19.4. The van der Waals surface area contributed by atoms with Crippen molar-refractivity contribution in [1.29, 1.82) is 5.26 Å². The van der Waals surface area contributed by atoms with E-state index in [1.165, 1.54) is 6.07 Å². The van der Waals surface area contributed by atoms with E-state index in [-0.39, 0.29) is 28.7 Å². The molecular weight excluding hydrogens is 458 g/mol. The number of carbonyl (C=O) groups is 1. The summed E-state index contributed by atoms with van der Waals surface area (Å²) in [7, 11) is 0. The molecular formula is C27H27F4N3O. The zero-order valence-corrected chi connectivity index (χ0v) is 19.4. The van der Waals surface area contributed by atoms with Gasteiger partial charge in [0.15, 0.2) is 0 Å². The van der Waals surface area contributed by atoms with Crippen molar-refractivity contribution >= 4 is 11.6 Å². The molecule has 0 unspecified atom stereocenters. The Morgan fingerprint density at radius 1 is 1.11 bits per heavy atom. The number of halogens is 4. The number of alkyl halides is 4. The van der Waals surface area contributed by atoms with Crippen LogP contribution in [0.25, 0.3) is 0 Å². The molecule has 4 nitrogen and oxygen atoms in total. The Labute approximate surface area is 202 Å². The molecule has 0 spiro atoms. The summed E-state index contributed by atoms with van der Waals surface area (Å²) < 4.78 is 51.8. The van der Waals surface area contributed by atoms with Gasteiger partial charge < -0.3 is 4.90 Å². The van der Waals surface area contributed by atoms with Crippen LogP contribution in [0.15, 0.2) is 54.7 Å². The number of hydrogen-bond donors (Lipinski definition) is 0. The lowest BCUT2D eigenvalue weighted by Gasteiger charge is -2.54. The number of anilines is 1. The van der Waals surface area contributed by atoms with E-state index in [9.17, 15) is 27.6 Å². The molecule has 1 aromatic heterocycles. The second-order valence-electron chi connectivity index (χ2n) is 9.81. The van der Waals surface area contributed by atoms with E-state index >= 15 is 0 Å². The molecule has 3 saturated carbocycles. The smallest absolute Gasteiger partial charge is 0.308 e. The van der Waals surface area contributed by atoms with Gasteiger partial charge >= 0.3 is 6.18 Å². The standard InChI is InChI=1S/C27H27F4N3O/c1-19(7-14-28)24(35)34(22-4-2-3-20(15-22)16-32)18-25-8-11-26(12-9-25,13-10-25)23-6-5-21(17-33-23)27(29,30)31/h2-6,15,17H,1,7-14,18H2. The van der Waals surface area contributed by atoms with E-state index in [4.69, 9.17) is 0 Å². The first kappa shape index (κ1) is 24.9. The van der Waals surface area contributed by atoms with Gasteiger partial charge in [0.25, 0.3) is 5.91 Å². The monoisotopic (exact) mass is 485 g/mol. The summed E-state index contributed by atoms with van der Waals surface area (Å²) in [6, 6.07) is 11.5. The Balaban J connectivity index is 1.55. The fourth-order valence-corrected chi connectivity index (χ4v) is 5.53. The minimum Gasteiger partial charge on any atom is -0.308 e. The van der Waals surface area contributed by atoms with Crippen LogP contribution in [0.1, 0.15) is 61.8 Å². The molecule has 0 atom stereocenters. The predicted molar refractivity (Wildman–Crippen MR) is 124 cm³/mol. The minimum absolute atomic E-state index is 0.0526. The number of nitriles is 1. The van der Waals surface area contributed by atoms with Crippen molar-refractivity contribution in [3.8, 4) is 6.07 Å². The van der Waals surface area contributed by atoms with E-state index < -0.39 is 18.4 Å². The first-order valence-electron chi connectivity index (χ1n) is 11.7. The van der Waals surface area contributed by atoms with Crippen LogP contribution in [-0.2, 0) is 16.4 Å². The van der Waals surface area contributed by atoms with Gasteiger partial charge in [-0.2, -0.15) is 18.4 Å². The van der Waals surface area contributed by atoms with Crippen LogP contribution in [-0.4, -0.2) is 24.1 Å². The zero-order chi connectivity index (χ0) is 25.3. The number of hydrogen-bond acceptors (Lipinski definition) is 3. The normalized spacial score (nSPS) is 23.5. The van der Waals surface area contributed by atoms with E-state index in [1.807, 2.05) is 0 Å². The summed E-state index contributed by atoms with van der Waals surface area (Å²) in [6.07, 6.45) is 1.17. The number of benzene rings is 1.